The van der Waals surface area contributed by atoms with Gasteiger partial charge >= 0.3 is 5.69 Å². The smallest absolute Gasteiger partial charge is 0.306 e. The van der Waals surface area contributed by atoms with Gasteiger partial charge in [0.05, 0.1) is 17.6 Å². The summed E-state index contributed by atoms with van der Waals surface area (Å²) in [4.78, 5) is 14.8. The molecule has 0 aliphatic rings. The molecule has 0 saturated carbocycles. The summed E-state index contributed by atoms with van der Waals surface area (Å²) in [5.41, 5.74) is 3.82. The summed E-state index contributed by atoms with van der Waals surface area (Å²) >= 11 is 5.99. The van der Waals surface area contributed by atoms with E-state index in [1.807, 2.05) is 43.3 Å². The Balaban J connectivity index is 2.09. The number of nitrogens with one attached hydrogen (secondary N) is 1. The van der Waals surface area contributed by atoms with E-state index in [1.165, 1.54) is 5.56 Å². The summed E-state index contributed by atoms with van der Waals surface area (Å²) < 4.78 is 1.70. The first-order chi connectivity index (χ1) is 9.13. The Bertz CT molecular complexity index is 784. The van der Waals surface area contributed by atoms with Gasteiger partial charge in [-0.3, -0.25) is 4.57 Å². The number of benzene rings is 2. The van der Waals surface area contributed by atoms with Crippen LogP contribution in [0.4, 0.5) is 0 Å². The van der Waals surface area contributed by atoms with Crippen LogP contribution in [0.25, 0.3) is 11.0 Å². The number of hydrogen-bond donors (Lipinski definition) is 1. The molecule has 96 valence electrons. The van der Waals surface area contributed by atoms with Crippen molar-refractivity contribution in [1.82, 2.24) is 9.55 Å². The third kappa shape index (κ3) is 2.29. The molecule has 1 N–H and O–H groups in total. The standard InChI is InChI=1S/C15H13ClN2O/c1-10-2-4-11(5-3-10)9-18-14-8-12(16)6-7-13(14)17-15(18)19/h2-8H,9H2,1H3,(H,17,19). The first kappa shape index (κ1) is 12.1. The van der Waals surface area contributed by atoms with E-state index in [-0.39, 0.29) is 5.69 Å². The molecule has 1 heterocycles. The van der Waals surface area contributed by atoms with Gasteiger partial charge in [-0.25, -0.2) is 4.79 Å². The molecule has 0 bridgehead atoms. The highest BCUT2D eigenvalue weighted by Gasteiger charge is 2.07. The van der Waals surface area contributed by atoms with Crippen molar-refractivity contribution in [3.05, 3.63) is 69.1 Å². The highest BCUT2D eigenvalue weighted by Crippen LogP contribution is 2.17. The number of imidazole rings is 1. The van der Waals surface area contributed by atoms with Crippen LogP contribution in [0.3, 0.4) is 0 Å². The molecule has 0 aliphatic carbocycles. The number of fused-ring (bicyclic) bond motifs is 1. The van der Waals surface area contributed by atoms with E-state index in [1.54, 1.807) is 10.6 Å². The number of halogens is 1. The Morgan fingerprint density at radius 2 is 1.89 bits per heavy atom. The van der Waals surface area contributed by atoms with Crippen LogP contribution in [-0.2, 0) is 6.54 Å². The lowest BCUT2D eigenvalue weighted by Crippen LogP contribution is -2.17. The van der Waals surface area contributed by atoms with Gasteiger partial charge in [0.1, 0.15) is 0 Å². The van der Waals surface area contributed by atoms with Gasteiger partial charge < -0.3 is 4.98 Å². The molecular weight excluding hydrogens is 260 g/mol. The van der Waals surface area contributed by atoms with E-state index in [4.69, 9.17) is 11.6 Å². The van der Waals surface area contributed by atoms with Crippen molar-refractivity contribution in [2.24, 2.45) is 0 Å². The Morgan fingerprint density at radius 3 is 2.63 bits per heavy atom. The molecule has 4 heteroatoms. The molecule has 19 heavy (non-hydrogen) atoms. The van der Waals surface area contributed by atoms with E-state index >= 15 is 0 Å². The number of aromatic amines is 1. The van der Waals surface area contributed by atoms with Crippen LogP contribution < -0.4 is 5.69 Å². The zero-order valence-electron chi connectivity index (χ0n) is 10.5. The molecule has 0 unspecified atom stereocenters. The minimum Gasteiger partial charge on any atom is -0.306 e. The maximum atomic E-state index is 12.0. The number of rotatable bonds is 2. The van der Waals surface area contributed by atoms with Gasteiger partial charge in [0, 0.05) is 5.02 Å². The Hall–Kier alpha value is -2.00. The van der Waals surface area contributed by atoms with E-state index in [0.717, 1.165) is 16.6 Å². The predicted molar refractivity (Wildman–Crippen MR) is 77.8 cm³/mol. The number of H-pyrrole nitrogens is 1. The Kier molecular flexibility index (Phi) is 2.91. The van der Waals surface area contributed by atoms with Crippen molar-refractivity contribution >= 4 is 22.6 Å². The van der Waals surface area contributed by atoms with Gasteiger partial charge in [0.15, 0.2) is 0 Å². The molecule has 1 aromatic heterocycles. The van der Waals surface area contributed by atoms with Crippen molar-refractivity contribution in [2.75, 3.05) is 0 Å². The average Bonchev–Trinajstić information content (AvgIpc) is 2.69. The molecule has 0 radical (unpaired) electrons. The lowest BCUT2D eigenvalue weighted by atomic mass is 10.1. The quantitative estimate of drug-likeness (QED) is 0.763. The fourth-order valence-corrected chi connectivity index (χ4v) is 2.33. The summed E-state index contributed by atoms with van der Waals surface area (Å²) in [6.45, 7) is 2.58. The topological polar surface area (TPSA) is 37.8 Å². The fourth-order valence-electron chi connectivity index (χ4n) is 2.16. The van der Waals surface area contributed by atoms with E-state index < -0.39 is 0 Å². The summed E-state index contributed by atoms with van der Waals surface area (Å²) in [5.74, 6) is 0. The summed E-state index contributed by atoms with van der Waals surface area (Å²) in [6.07, 6.45) is 0. The average molecular weight is 273 g/mol. The molecule has 2 aromatic carbocycles. The second kappa shape index (κ2) is 4.59. The highest BCUT2D eigenvalue weighted by molar-refractivity contribution is 6.31. The normalized spacial score (nSPS) is 11.1. The molecule has 0 spiro atoms. The molecule has 0 fully saturated rings. The second-order valence-corrected chi connectivity index (χ2v) is 5.10. The Morgan fingerprint density at radius 1 is 1.16 bits per heavy atom. The van der Waals surface area contributed by atoms with Crippen molar-refractivity contribution in [2.45, 2.75) is 13.5 Å². The maximum absolute atomic E-state index is 12.0. The first-order valence-electron chi connectivity index (χ1n) is 6.07. The molecule has 0 amide bonds. The van der Waals surface area contributed by atoms with Gasteiger partial charge in [-0.2, -0.15) is 0 Å². The van der Waals surface area contributed by atoms with Crippen molar-refractivity contribution < 1.29 is 0 Å². The van der Waals surface area contributed by atoms with Gasteiger partial charge in [-0.05, 0) is 30.7 Å². The largest absolute Gasteiger partial charge is 0.326 e. The van der Waals surface area contributed by atoms with Gasteiger partial charge in [0.2, 0.25) is 0 Å². The van der Waals surface area contributed by atoms with Crippen molar-refractivity contribution in [3.8, 4) is 0 Å². The van der Waals surface area contributed by atoms with Crippen LogP contribution in [0.15, 0.2) is 47.3 Å². The molecule has 3 nitrogen and oxygen atoms in total. The van der Waals surface area contributed by atoms with E-state index in [9.17, 15) is 4.79 Å². The Labute approximate surface area is 115 Å². The van der Waals surface area contributed by atoms with Crippen LogP contribution in [0.1, 0.15) is 11.1 Å². The fraction of sp³-hybridized carbons (Fsp3) is 0.133. The highest BCUT2D eigenvalue weighted by atomic mass is 35.5. The minimum absolute atomic E-state index is 0.113. The lowest BCUT2D eigenvalue weighted by molar-refractivity contribution is 0.786. The number of nitrogens with zero attached hydrogens (tertiary/aromatic N) is 1. The van der Waals surface area contributed by atoms with Crippen LogP contribution in [0.5, 0.6) is 0 Å². The summed E-state index contributed by atoms with van der Waals surface area (Å²) in [7, 11) is 0. The van der Waals surface area contributed by atoms with Gasteiger partial charge in [-0.15, -0.1) is 0 Å². The number of hydrogen-bond acceptors (Lipinski definition) is 1. The number of aromatic nitrogens is 2. The molecule has 0 saturated heterocycles. The van der Waals surface area contributed by atoms with Gasteiger partial charge in [-0.1, -0.05) is 41.4 Å². The van der Waals surface area contributed by atoms with Crippen LogP contribution in [0, 0.1) is 6.92 Å². The second-order valence-electron chi connectivity index (χ2n) is 4.66. The summed E-state index contributed by atoms with van der Waals surface area (Å²) in [5, 5.41) is 0.629. The van der Waals surface area contributed by atoms with Crippen LogP contribution >= 0.6 is 11.6 Å². The third-order valence-electron chi connectivity index (χ3n) is 3.20. The van der Waals surface area contributed by atoms with E-state index in [2.05, 4.69) is 4.98 Å². The summed E-state index contributed by atoms with van der Waals surface area (Å²) in [6, 6.07) is 13.6. The molecule has 0 atom stereocenters. The zero-order chi connectivity index (χ0) is 13.4. The lowest BCUT2D eigenvalue weighted by Gasteiger charge is -2.04. The SMILES string of the molecule is Cc1ccc(Cn2c(=O)[nH]c3ccc(Cl)cc32)cc1. The molecule has 3 rings (SSSR count). The molecular formula is C15H13ClN2O. The number of aryl methyl sites for hydroxylation is 1. The van der Waals surface area contributed by atoms with Crippen molar-refractivity contribution in [3.63, 3.8) is 0 Å². The maximum Gasteiger partial charge on any atom is 0.326 e. The first-order valence-corrected chi connectivity index (χ1v) is 6.45. The van der Waals surface area contributed by atoms with E-state index in [0.29, 0.717) is 11.6 Å². The predicted octanol–water partition coefficient (Wildman–Crippen LogP) is 3.34. The monoisotopic (exact) mass is 272 g/mol. The van der Waals surface area contributed by atoms with Gasteiger partial charge in [0.25, 0.3) is 0 Å². The molecule has 0 aliphatic heterocycles. The minimum atomic E-state index is -0.113. The van der Waals surface area contributed by atoms with Crippen LogP contribution in [0.2, 0.25) is 5.02 Å². The molecule has 3 aromatic rings. The van der Waals surface area contributed by atoms with Crippen LogP contribution in [-0.4, -0.2) is 9.55 Å². The third-order valence-corrected chi connectivity index (χ3v) is 3.43. The zero-order valence-corrected chi connectivity index (χ0v) is 11.2. The van der Waals surface area contributed by atoms with Crippen molar-refractivity contribution in [1.29, 1.82) is 0 Å².